The molecule has 1 aromatic carbocycles. The molecule has 0 spiro atoms. The zero-order valence-corrected chi connectivity index (χ0v) is 10.4. The Labute approximate surface area is 101 Å². The summed E-state index contributed by atoms with van der Waals surface area (Å²) in [5.74, 6) is -0.101. The molecule has 0 aliphatic carbocycles. The first kappa shape index (κ1) is 11.8. The van der Waals surface area contributed by atoms with Gasteiger partial charge >= 0.3 is 5.97 Å². The molecule has 0 aliphatic rings. The summed E-state index contributed by atoms with van der Waals surface area (Å²) < 4.78 is 10.3. The van der Waals surface area contributed by atoms with Gasteiger partial charge in [-0.25, -0.2) is 4.79 Å². The summed E-state index contributed by atoms with van der Waals surface area (Å²) in [6.07, 6.45) is 0. The average molecular weight is 317 g/mol. The molecule has 0 saturated carbocycles. The maximum Gasteiger partial charge on any atom is 0.341 e. The average Bonchev–Trinajstić information content (AvgIpc) is 2.27. The molecule has 0 bridgehead atoms. The summed E-state index contributed by atoms with van der Waals surface area (Å²) >= 11 is 1.96. The van der Waals surface area contributed by atoms with E-state index in [1.807, 2.05) is 28.7 Å². The Hall–Kier alpha value is -1.29. The summed E-state index contributed by atoms with van der Waals surface area (Å²) in [7, 11) is 2.75. The van der Waals surface area contributed by atoms with E-state index in [-0.39, 0.29) is 0 Å². The van der Waals surface area contributed by atoms with Crippen LogP contribution in [0.25, 0.3) is 0 Å². The molecule has 0 unspecified atom stereocenters. The second kappa shape index (κ2) is 4.98. The fourth-order valence-electron chi connectivity index (χ4n) is 1.11. The number of nitriles is 1. The molecule has 78 valence electrons. The van der Waals surface area contributed by atoms with E-state index in [0.29, 0.717) is 20.4 Å². The standard InChI is InChI=1S/C10H8INO3/c1-14-9-7(10(13)15-2)4-3-6(5-12)8(9)11/h3-4H,1-2H3. The van der Waals surface area contributed by atoms with Crippen molar-refractivity contribution in [2.24, 2.45) is 0 Å². The third-order valence-electron chi connectivity index (χ3n) is 1.83. The number of nitrogens with zero attached hydrogens (tertiary/aromatic N) is 1. The maximum absolute atomic E-state index is 11.4. The minimum absolute atomic E-state index is 0.323. The SMILES string of the molecule is COC(=O)c1ccc(C#N)c(I)c1OC. The molecular weight excluding hydrogens is 309 g/mol. The number of hydrogen-bond acceptors (Lipinski definition) is 4. The molecule has 0 amide bonds. The number of carbonyl (C=O) groups is 1. The van der Waals surface area contributed by atoms with Gasteiger partial charge in [0, 0.05) is 0 Å². The maximum atomic E-state index is 11.4. The van der Waals surface area contributed by atoms with Crippen LogP contribution in [-0.2, 0) is 4.74 Å². The highest BCUT2D eigenvalue weighted by Crippen LogP contribution is 2.28. The Balaban J connectivity index is 3.39. The first-order valence-corrected chi connectivity index (χ1v) is 5.08. The van der Waals surface area contributed by atoms with E-state index in [1.165, 1.54) is 20.3 Å². The third kappa shape index (κ3) is 2.21. The van der Waals surface area contributed by atoms with Crippen LogP contribution in [0, 0.1) is 14.9 Å². The van der Waals surface area contributed by atoms with Crippen molar-refractivity contribution in [2.75, 3.05) is 14.2 Å². The largest absolute Gasteiger partial charge is 0.495 e. The first-order chi connectivity index (χ1) is 7.15. The fourth-order valence-corrected chi connectivity index (χ4v) is 1.92. The Morgan fingerprint density at radius 1 is 1.47 bits per heavy atom. The normalized spacial score (nSPS) is 9.20. The smallest absolute Gasteiger partial charge is 0.341 e. The van der Waals surface area contributed by atoms with Gasteiger partial charge in [0.15, 0.2) is 0 Å². The van der Waals surface area contributed by atoms with Crippen LogP contribution in [0.5, 0.6) is 5.75 Å². The van der Waals surface area contributed by atoms with Gasteiger partial charge in [-0.15, -0.1) is 0 Å². The predicted octanol–water partition coefficient (Wildman–Crippen LogP) is 1.96. The molecule has 1 rings (SSSR count). The topological polar surface area (TPSA) is 59.3 Å². The Kier molecular flexibility index (Phi) is 3.91. The fraction of sp³-hybridized carbons (Fsp3) is 0.200. The van der Waals surface area contributed by atoms with Crippen LogP contribution >= 0.6 is 22.6 Å². The Morgan fingerprint density at radius 2 is 2.13 bits per heavy atom. The molecule has 1 aromatic rings. The quantitative estimate of drug-likeness (QED) is 0.618. The van der Waals surface area contributed by atoms with E-state index in [0.717, 1.165) is 0 Å². The van der Waals surface area contributed by atoms with E-state index in [9.17, 15) is 4.79 Å². The van der Waals surface area contributed by atoms with Crippen LogP contribution in [0.4, 0.5) is 0 Å². The summed E-state index contributed by atoms with van der Waals surface area (Å²) in [5.41, 5.74) is 0.795. The minimum Gasteiger partial charge on any atom is -0.495 e. The minimum atomic E-state index is -0.478. The van der Waals surface area contributed by atoms with E-state index in [1.54, 1.807) is 6.07 Å². The van der Waals surface area contributed by atoms with Gasteiger partial charge in [-0.1, -0.05) is 0 Å². The zero-order chi connectivity index (χ0) is 11.4. The van der Waals surface area contributed by atoms with Crippen molar-refractivity contribution in [3.05, 3.63) is 26.8 Å². The van der Waals surface area contributed by atoms with Crippen LogP contribution in [0.2, 0.25) is 0 Å². The van der Waals surface area contributed by atoms with E-state index in [2.05, 4.69) is 4.74 Å². The van der Waals surface area contributed by atoms with Crippen LogP contribution in [0.3, 0.4) is 0 Å². The number of carbonyl (C=O) groups excluding carboxylic acids is 1. The number of esters is 1. The van der Waals surface area contributed by atoms with Crippen LogP contribution < -0.4 is 4.74 Å². The van der Waals surface area contributed by atoms with Crippen molar-refractivity contribution in [3.8, 4) is 11.8 Å². The molecule has 0 saturated heterocycles. The molecule has 15 heavy (non-hydrogen) atoms. The van der Waals surface area contributed by atoms with Gasteiger partial charge in [0.25, 0.3) is 0 Å². The van der Waals surface area contributed by atoms with Gasteiger partial charge in [0.2, 0.25) is 0 Å². The zero-order valence-electron chi connectivity index (χ0n) is 8.20. The van der Waals surface area contributed by atoms with Gasteiger partial charge in [-0.3, -0.25) is 0 Å². The van der Waals surface area contributed by atoms with E-state index >= 15 is 0 Å². The highest BCUT2D eigenvalue weighted by Gasteiger charge is 2.17. The number of methoxy groups -OCH3 is 2. The second-order valence-electron chi connectivity index (χ2n) is 2.61. The van der Waals surface area contributed by atoms with E-state index in [4.69, 9.17) is 10.00 Å². The van der Waals surface area contributed by atoms with Crippen molar-refractivity contribution < 1.29 is 14.3 Å². The van der Waals surface area contributed by atoms with Gasteiger partial charge in [0.05, 0.1) is 23.4 Å². The number of halogens is 1. The van der Waals surface area contributed by atoms with Crippen molar-refractivity contribution in [1.29, 1.82) is 5.26 Å². The molecule has 0 aliphatic heterocycles. The lowest BCUT2D eigenvalue weighted by Crippen LogP contribution is -2.06. The summed E-state index contributed by atoms with van der Waals surface area (Å²) in [5, 5.41) is 8.80. The van der Waals surface area contributed by atoms with Crippen LogP contribution in [-0.4, -0.2) is 20.2 Å². The number of benzene rings is 1. The molecule has 5 heteroatoms. The van der Waals surface area contributed by atoms with Crippen LogP contribution in [0.15, 0.2) is 12.1 Å². The van der Waals surface area contributed by atoms with Gasteiger partial charge in [-0.05, 0) is 34.7 Å². The van der Waals surface area contributed by atoms with Gasteiger partial charge < -0.3 is 9.47 Å². The molecule has 4 nitrogen and oxygen atoms in total. The van der Waals surface area contributed by atoms with Crippen molar-refractivity contribution >= 4 is 28.6 Å². The van der Waals surface area contributed by atoms with Crippen molar-refractivity contribution in [2.45, 2.75) is 0 Å². The summed E-state index contributed by atoms with van der Waals surface area (Å²) in [6.45, 7) is 0. The molecule has 0 aromatic heterocycles. The Bertz CT molecular complexity index is 437. The van der Waals surface area contributed by atoms with Crippen molar-refractivity contribution in [1.82, 2.24) is 0 Å². The van der Waals surface area contributed by atoms with Crippen molar-refractivity contribution in [3.63, 3.8) is 0 Å². The lowest BCUT2D eigenvalue weighted by Gasteiger charge is -2.09. The van der Waals surface area contributed by atoms with E-state index < -0.39 is 5.97 Å². The predicted molar refractivity (Wildman–Crippen MR) is 61.8 cm³/mol. The lowest BCUT2D eigenvalue weighted by molar-refractivity contribution is 0.0597. The molecule has 0 heterocycles. The molecular formula is C10H8INO3. The lowest BCUT2D eigenvalue weighted by atomic mass is 10.1. The highest BCUT2D eigenvalue weighted by atomic mass is 127. The summed E-state index contributed by atoms with van der Waals surface area (Å²) in [4.78, 5) is 11.4. The highest BCUT2D eigenvalue weighted by molar-refractivity contribution is 14.1. The number of hydrogen-bond donors (Lipinski definition) is 0. The third-order valence-corrected chi connectivity index (χ3v) is 2.90. The van der Waals surface area contributed by atoms with Gasteiger partial charge in [0.1, 0.15) is 17.4 Å². The van der Waals surface area contributed by atoms with Crippen LogP contribution in [0.1, 0.15) is 15.9 Å². The Morgan fingerprint density at radius 3 is 2.60 bits per heavy atom. The monoisotopic (exact) mass is 317 g/mol. The molecule has 0 atom stereocenters. The molecule has 0 radical (unpaired) electrons. The van der Waals surface area contributed by atoms with Gasteiger partial charge in [-0.2, -0.15) is 5.26 Å². The number of rotatable bonds is 2. The first-order valence-electron chi connectivity index (χ1n) is 4.00. The number of ether oxygens (including phenoxy) is 2. The second-order valence-corrected chi connectivity index (χ2v) is 3.69. The summed E-state index contributed by atoms with van der Waals surface area (Å²) in [6, 6.07) is 5.10. The molecule has 0 fully saturated rings. The molecule has 0 N–H and O–H groups in total.